The molecule has 1 amide bonds. The zero-order valence-electron chi connectivity index (χ0n) is 20.6. The summed E-state index contributed by atoms with van der Waals surface area (Å²) in [5, 5.41) is 20.8. The fraction of sp³-hybridized carbons (Fsp3) is 0.370. The predicted molar refractivity (Wildman–Crippen MR) is 136 cm³/mol. The molecule has 9 heteroatoms. The van der Waals surface area contributed by atoms with Crippen LogP contribution in [0.1, 0.15) is 40.7 Å². The molecule has 0 saturated carbocycles. The first-order valence-electron chi connectivity index (χ1n) is 12.3. The van der Waals surface area contributed by atoms with Crippen LogP contribution in [-0.4, -0.2) is 64.3 Å². The highest BCUT2D eigenvalue weighted by Crippen LogP contribution is 2.38. The maximum atomic E-state index is 12.1. The molecule has 188 valence electrons. The second-order valence-electron chi connectivity index (χ2n) is 9.15. The van der Waals surface area contributed by atoms with Gasteiger partial charge in [0.05, 0.1) is 26.0 Å². The van der Waals surface area contributed by atoms with Crippen molar-refractivity contribution in [3.63, 3.8) is 0 Å². The van der Waals surface area contributed by atoms with Gasteiger partial charge < -0.3 is 19.6 Å². The van der Waals surface area contributed by atoms with Crippen molar-refractivity contribution in [1.29, 1.82) is 0 Å². The molecule has 0 spiro atoms. The number of carbonyl (C=O) groups excluding carboxylic acids is 1. The van der Waals surface area contributed by atoms with E-state index in [1.165, 1.54) is 0 Å². The highest BCUT2D eigenvalue weighted by atomic mass is 16.5. The number of benzene rings is 2. The van der Waals surface area contributed by atoms with Crippen LogP contribution < -0.4 is 10.1 Å². The van der Waals surface area contributed by atoms with Crippen molar-refractivity contribution in [2.24, 2.45) is 0 Å². The highest BCUT2D eigenvalue weighted by Gasteiger charge is 2.25. The van der Waals surface area contributed by atoms with Crippen LogP contribution >= 0.6 is 0 Å². The molecule has 1 saturated heterocycles. The van der Waals surface area contributed by atoms with Crippen LogP contribution in [0.2, 0.25) is 0 Å². The summed E-state index contributed by atoms with van der Waals surface area (Å²) in [4.78, 5) is 14.5. The van der Waals surface area contributed by atoms with Gasteiger partial charge in [0.15, 0.2) is 5.69 Å². The van der Waals surface area contributed by atoms with Crippen molar-refractivity contribution in [2.75, 3.05) is 33.4 Å². The van der Waals surface area contributed by atoms with Crippen molar-refractivity contribution < 1.29 is 19.1 Å². The van der Waals surface area contributed by atoms with Gasteiger partial charge in [-0.1, -0.05) is 35.5 Å². The molecule has 1 fully saturated rings. The number of fused-ring (bicyclic) bond motifs is 1. The first-order chi connectivity index (χ1) is 17.6. The normalized spacial score (nSPS) is 16.4. The number of hydrogen-bond acceptors (Lipinski definition) is 7. The van der Waals surface area contributed by atoms with Gasteiger partial charge >= 0.3 is 0 Å². The summed E-state index contributed by atoms with van der Waals surface area (Å²) in [5.74, 6) is 1.40. The Kier molecular flexibility index (Phi) is 7.02. The molecule has 1 aliphatic heterocycles. The number of ether oxygens (including phenoxy) is 1. The van der Waals surface area contributed by atoms with E-state index >= 15 is 0 Å². The largest absolute Gasteiger partial charge is 0.496 e. The second-order valence-corrected chi connectivity index (χ2v) is 9.15. The fourth-order valence-electron chi connectivity index (χ4n) is 5.02. The number of aliphatic hydroxyl groups is 1. The number of methoxy groups -OCH3 is 1. The van der Waals surface area contributed by atoms with E-state index in [4.69, 9.17) is 14.3 Å². The molecule has 5 rings (SSSR count). The number of aryl methyl sites for hydroxylation is 1. The minimum absolute atomic E-state index is 0.113. The van der Waals surface area contributed by atoms with E-state index in [-0.39, 0.29) is 30.8 Å². The van der Waals surface area contributed by atoms with E-state index in [2.05, 4.69) is 44.8 Å². The Bertz CT molecular complexity index is 1350. The Morgan fingerprint density at radius 2 is 2.11 bits per heavy atom. The van der Waals surface area contributed by atoms with E-state index < -0.39 is 0 Å². The van der Waals surface area contributed by atoms with Crippen LogP contribution in [0.15, 0.2) is 53.1 Å². The van der Waals surface area contributed by atoms with Gasteiger partial charge in [0.2, 0.25) is 0 Å². The number of aliphatic hydroxyl groups excluding tert-OH is 1. The third-order valence-electron chi connectivity index (χ3n) is 6.72. The number of amides is 1. The number of nitrogens with one attached hydrogen (secondary N) is 1. The number of nitrogens with zero attached hydrogens (tertiary/aromatic N) is 4. The summed E-state index contributed by atoms with van der Waals surface area (Å²) in [6.45, 7) is 4.54. The topological polar surface area (TPSA) is 106 Å². The van der Waals surface area contributed by atoms with Gasteiger partial charge in [-0.2, -0.15) is 0 Å². The Morgan fingerprint density at radius 3 is 2.89 bits per heavy atom. The van der Waals surface area contributed by atoms with E-state index in [0.717, 1.165) is 65.1 Å². The molecule has 2 N–H and O–H groups in total. The SMILES string of the molecule is COc1cc2c(-c3ccccc3)c(C)oc2cc1CN1CCCC(n2cc(C(=O)NCCO)nn2)C1. The first-order valence-corrected chi connectivity index (χ1v) is 12.3. The maximum Gasteiger partial charge on any atom is 0.273 e. The van der Waals surface area contributed by atoms with Crippen LogP contribution in [0.25, 0.3) is 22.1 Å². The van der Waals surface area contributed by atoms with Gasteiger partial charge in [-0.25, -0.2) is 4.68 Å². The molecule has 0 aliphatic carbocycles. The van der Waals surface area contributed by atoms with E-state index in [1.54, 1.807) is 18.0 Å². The highest BCUT2D eigenvalue weighted by molar-refractivity contribution is 5.97. The summed E-state index contributed by atoms with van der Waals surface area (Å²) in [5.41, 5.74) is 4.40. The van der Waals surface area contributed by atoms with Crippen molar-refractivity contribution in [3.8, 4) is 16.9 Å². The fourth-order valence-corrected chi connectivity index (χ4v) is 5.02. The van der Waals surface area contributed by atoms with E-state index in [9.17, 15) is 4.79 Å². The first kappa shape index (κ1) is 24.0. The molecule has 9 nitrogen and oxygen atoms in total. The van der Waals surface area contributed by atoms with E-state index in [1.807, 2.05) is 25.1 Å². The molecular formula is C27H31N5O4. The lowest BCUT2D eigenvalue weighted by Crippen LogP contribution is -2.36. The molecule has 2 aromatic heterocycles. The Morgan fingerprint density at radius 1 is 1.28 bits per heavy atom. The lowest BCUT2D eigenvalue weighted by Gasteiger charge is -2.32. The van der Waals surface area contributed by atoms with Gasteiger partial charge in [0.1, 0.15) is 17.1 Å². The lowest BCUT2D eigenvalue weighted by molar-refractivity contribution is 0.0939. The standard InChI is InChI=1S/C27H31N5O4/c1-18-26(19-7-4-3-5-8-19)22-14-24(35-2)20(13-25(22)36-18)15-31-11-6-9-21(16-31)32-17-23(29-30-32)27(34)28-10-12-33/h3-5,7-8,13-14,17,21,33H,6,9-12,15-16H2,1-2H3,(H,28,34). The van der Waals surface area contributed by atoms with Crippen LogP contribution in [0.5, 0.6) is 5.75 Å². The minimum Gasteiger partial charge on any atom is -0.496 e. The van der Waals surface area contributed by atoms with Gasteiger partial charge in [0.25, 0.3) is 5.91 Å². The summed E-state index contributed by atoms with van der Waals surface area (Å²) in [6.07, 6.45) is 3.66. The van der Waals surface area contributed by atoms with Crippen molar-refractivity contribution in [2.45, 2.75) is 32.4 Å². The monoisotopic (exact) mass is 489 g/mol. The quantitative estimate of drug-likeness (QED) is 0.390. The van der Waals surface area contributed by atoms with Gasteiger partial charge in [-0.3, -0.25) is 9.69 Å². The molecule has 0 bridgehead atoms. The number of furan rings is 1. The minimum atomic E-state index is -0.329. The third kappa shape index (κ3) is 4.84. The average Bonchev–Trinajstić information content (AvgIpc) is 3.52. The van der Waals surface area contributed by atoms with E-state index in [0.29, 0.717) is 6.54 Å². The Hall–Kier alpha value is -3.69. The number of aromatic nitrogens is 3. The smallest absolute Gasteiger partial charge is 0.273 e. The number of rotatable bonds is 8. The molecular weight excluding hydrogens is 458 g/mol. The third-order valence-corrected chi connectivity index (χ3v) is 6.72. The molecule has 0 radical (unpaired) electrons. The van der Waals surface area contributed by atoms with Crippen LogP contribution in [0.3, 0.4) is 0 Å². The summed E-state index contributed by atoms with van der Waals surface area (Å²) < 4.78 is 13.8. The van der Waals surface area contributed by atoms with Gasteiger partial charge in [0, 0.05) is 36.1 Å². The summed E-state index contributed by atoms with van der Waals surface area (Å²) in [6, 6.07) is 14.6. The molecule has 1 aliphatic rings. The number of likely N-dealkylation sites (tertiary alicyclic amines) is 1. The van der Waals surface area contributed by atoms with Crippen molar-refractivity contribution >= 4 is 16.9 Å². The van der Waals surface area contributed by atoms with Crippen molar-refractivity contribution in [1.82, 2.24) is 25.2 Å². The second kappa shape index (κ2) is 10.5. The van der Waals surface area contributed by atoms with Gasteiger partial charge in [-0.05, 0) is 44.0 Å². The summed E-state index contributed by atoms with van der Waals surface area (Å²) in [7, 11) is 1.71. The van der Waals surface area contributed by atoms with Crippen LogP contribution in [0.4, 0.5) is 0 Å². The summed E-state index contributed by atoms with van der Waals surface area (Å²) >= 11 is 0. The number of carbonyl (C=O) groups is 1. The molecule has 1 unspecified atom stereocenters. The van der Waals surface area contributed by atoms with Crippen LogP contribution in [0, 0.1) is 6.92 Å². The molecule has 4 aromatic rings. The van der Waals surface area contributed by atoms with Crippen LogP contribution in [-0.2, 0) is 6.54 Å². The predicted octanol–water partition coefficient (Wildman–Crippen LogP) is 3.57. The molecule has 1 atom stereocenters. The molecule has 2 aromatic carbocycles. The lowest BCUT2D eigenvalue weighted by atomic mass is 10.00. The Labute approximate surface area is 209 Å². The zero-order chi connectivity index (χ0) is 25.1. The zero-order valence-corrected chi connectivity index (χ0v) is 20.6. The average molecular weight is 490 g/mol. The molecule has 3 heterocycles. The van der Waals surface area contributed by atoms with Crippen molar-refractivity contribution in [3.05, 3.63) is 65.7 Å². The number of piperidine rings is 1. The van der Waals surface area contributed by atoms with Gasteiger partial charge in [-0.15, -0.1) is 5.10 Å². The maximum absolute atomic E-state index is 12.1. The Balaban J connectivity index is 1.35. The number of hydrogen-bond donors (Lipinski definition) is 2. The molecule has 36 heavy (non-hydrogen) atoms.